The van der Waals surface area contributed by atoms with Gasteiger partial charge < -0.3 is 10.2 Å². The number of piperazine rings is 1. The molecule has 0 radical (unpaired) electrons. The number of anilines is 2. The van der Waals surface area contributed by atoms with E-state index >= 15 is 0 Å². The summed E-state index contributed by atoms with van der Waals surface area (Å²) in [7, 11) is -1.55. The van der Waals surface area contributed by atoms with E-state index < -0.39 is 14.9 Å². The molecule has 1 aliphatic heterocycles. The first kappa shape index (κ1) is 21.8. The van der Waals surface area contributed by atoms with Crippen LogP contribution < -0.4 is 5.32 Å². The lowest BCUT2D eigenvalue weighted by Crippen LogP contribution is -2.46. The number of likely N-dealkylation sites (N-methyl/N-ethyl adjacent to an activating group) is 1. The van der Waals surface area contributed by atoms with E-state index in [0.717, 1.165) is 5.56 Å². The summed E-state index contributed by atoms with van der Waals surface area (Å²) in [5.74, 6) is 0.329. The molecule has 11 heteroatoms. The molecule has 1 aromatic heterocycles. The summed E-state index contributed by atoms with van der Waals surface area (Å²) in [5, 5.41) is 13.9. The molecule has 0 aliphatic carbocycles. The second-order valence-corrected chi connectivity index (χ2v) is 9.36. The monoisotopic (exact) mass is 454 g/mol. The van der Waals surface area contributed by atoms with Crippen molar-refractivity contribution >= 4 is 27.3 Å². The Morgan fingerprint density at radius 1 is 0.969 bits per heavy atom. The smallest absolute Gasteiger partial charge is 0.269 e. The zero-order valence-electron chi connectivity index (χ0n) is 17.4. The van der Waals surface area contributed by atoms with Gasteiger partial charge in [0.15, 0.2) is 0 Å². The lowest BCUT2D eigenvalue weighted by atomic mass is 10.1. The van der Waals surface area contributed by atoms with Crippen molar-refractivity contribution in [2.75, 3.05) is 38.5 Å². The SMILES string of the molecule is CN1CCN(S(=O)(=O)c2ccc(Nc3nccc(-c4ccc([N+](=O)[O-])cc4)n3)cc2)CC1. The topological polar surface area (TPSA) is 122 Å². The zero-order chi connectivity index (χ0) is 22.7. The lowest BCUT2D eigenvalue weighted by molar-refractivity contribution is -0.384. The fourth-order valence-electron chi connectivity index (χ4n) is 3.35. The molecule has 0 bridgehead atoms. The van der Waals surface area contributed by atoms with Crippen LogP contribution in [-0.4, -0.2) is 65.7 Å². The van der Waals surface area contributed by atoms with Gasteiger partial charge in [0, 0.05) is 55.8 Å². The normalized spacial score (nSPS) is 15.4. The van der Waals surface area contributed by atoms with Crippen molar-refractivity contribution < 1.29 is 13.3 Å². The Hall–Kier alpha value is -3.41. The molecule has 4 rings (SSSR count). The zero-order valence-corrected chi connectivity index (χ0v) is 18.2. The van der Waals surface area contributed by atoms with Gasteiger partial charge in [-0.1, -0.05) is 0 Å². The molecule has 1 N–H and O–H groups in total. The predicted molar refractivity (Wildman–Crippen MR) is 120 cm³/mol. The molecule has 0 saturated carbocycles. The molecule has 3 aromatic rings. The van der Waals surface area contributed by atoms with Gasteiger partial charge in [-0.3, -0.25) is 10.1 Å². The molecule has 0 amide bonds. The van der Waals surface area contributed by atoms with E-state index in [1.54, 1.807) is 48.7 Å². The maximum atomic E-state index is 12.9. The Bertz CT molecular complexity index is 1210. The summed E-state index contributed by atoms with van der Waals surface area (Å²) in [6, 6.07) is 14.3. The Kier molecular flexibility index (Phi) is 6.12. The molecule has 166 valence electrons. The Balaban J connectivity index is 1.48. The van der Waals surface area contributed by atoms with Gasteiger partial charge in [-0.25, -0.2) is 18.4 Å². The first-order valence-corrected chi connectivity index (χ1v) is 11.4. The summed E-state index contributed by atoms with van der Waals surface area (Å²) < 4.78 is 27.2. The summed E-state index contributed by atoms with van der Waals surface area (Å²) in [4.78, 5) is 21.4. The number of nitro groups is 1. The molecule has 0 atom stereocenters. The highest BCUT2D eigenvalue weighted by Gasteiger charge is 2.27. The van der Waals surface area contributed by atoms with E-state index in [-0.39, 0.29) is 10.6 Å². The van der Waals surface area contributed by atoms with Gasteiger partial charge in [0.25, 0.3) is 5.69 Å². The van der Waals surface area contributed by atoms with E-state index in [4.69, 9.17) is 0 Å². The first-order chi connectivity index (χ1) is 15.3. The molecule has 32 heavy (non-hydrogen) atoms. The number of nitrogens with zero attached hydrogens (tertiary/aromatic N) is 5. The fraction of sp³-hybridized carbons (Fsp3) is 0.238. The van der Waals surface area contributed by atoms with Gasteiger partial charge >= 0.3 is 0 Å². The average Bonchev–Trinajstić information content (AvgIpc) is 2.80. The van der Waals surface area contributed by atoms with Gasteiger partial charge in [-0.2, -0.15) is 4.31 Å². The van der Waals surface area contributed by atoms with E-state index in [1.165, 1.54) is 16.4 Å². The van der Waals surface area contributed by atoms with Crippen LogP contribution >= 0.6 is 0 Å². The highest BCUT2D eigenvalue weighted by Crippen LogP contribution is 2.24. The van der Waals surface area contributed by atoms with Crippen LogP contribution in [0.3, 0.4) is 0 Å². The third-order valence-electron chi connectivity index (χ3n) is 5.24. The van der Waals surface area contributed by atoms with Crippen LogP contribution in [0.4, 0.5) is 17.3 Å². The van der Waals surface area contributed by atoms with Gasteiger partial charge in [-0.05, 0) is 49.5 Å². The highest BCUT2D eigenvalue weighted by molar-refractivity contribution is 7.89. The Morgan fingerprint density at radius 2 is 1.62 bits per heavy atom. The molecule has 0 spiro atoms. The van der Waals surface area contributed by atoms with E-state index in [0.29, 0.717) is 43.5 Å². The molecule has 0 unspecified atom stereocenters. The number of benzene rings is 2. The number of rotatable bonds is 6. The van der Waals surface area contributed by atoms with E-state index in [1.807, 2.05) is 7.05 Å². The minimum absolute atomic E-state index is 0.00719. The van der Waals surface area contributed by atoms with Crippen molar-refractivity contribution in [1.29, 1.82) is 0 Å². The third kappa shape index (κ3) is 4.74. The number of aromatic nitrogens is 2. The van der Waals surface area contributed by atoms with E-state index in [9.17, 15) is 18.5 Å². The first-order valence-electron chi connectivity index (χ1n) is 9.96. The van der Waals surface area contributed by atoms with Crippen LogP contribution in [0, 0.1) is 10.1 Å². The van der Waals surface area contributed by atoms with Gasteiger partial charge in [-0.15, -0.1) is 0 Å². The predicted octanol–water partition coefficient (Wildman–Crippen LogP) is 2.73. The summed E-state index contributed by atoms with van der Waals surface area (Å²) in [6.07, 6.45) is 1.58. The van der Waals surface area contributed by atoms with Gasteiger partial charge in [0.05, 0.1) is 15.5 Å². The van der Waals surface area contributed by atoms with Gasteiger partial charge in [0.1, 0.15) is 0 Å². The number of hydrogen-bond donors (Lipinski definition) is 1. The molecule has 2 heterocycles. The number of non-ortho nitro benzene ring substituents is 1. The maximum absolute atomic E-state index is 12.9. The van der Waals surface area contributed by atoms with Crippen molar-refractivity contribution in [3.8, 4) is 11.3 Å². The quantitative estimate of drug-likeness (QED) is 0.446. The molecule has 1 fully saturated rings. The lowest BCUT2D eigenvalue weighted by Gasteiger charge is -2.31. The standard InChI is InChI=1S/C21H22N6O4S/c1-25-12-14-26(15-13-25)32(30,31)19-8-4-17(5-9-19)23-21-22-11-10-20(24-21)16-2-6-18(7-3-16)27(28)29/h2-11H,12-15H2,1H3,(H,22,23,24). The van der Waals surface area contributed by atoms with Crippen LogP contribution in [0.1, 0.15) is 0 Å². The summed E-state index contributed by atoms with van der Waals surface area (Å²) >= 11 is 0. The van der Waals surface area contributed by atoms with Crippen molar-refractivity contribution in [3.05, 3.63) is 70.9 Å². The number of hydrogen-bond acceptors (Lipinski definition) is 8. The molecular formula is C21H22N6O4S. The largest absolute Gasteiger partial charge is 0.324 e. The molecular weight excluding hydrogens is 432 g/mol. The second kappa shape index (κ2) is 8.99. The maximum Gasteiger partial charge on any atom is 0.269 e. The summed E-state index contributed by atoms with van der Waals surface area (Å²) in [5.41, 5.74) is 1.97. The molecule has 10 nitrogen and oxygen atoms in total. The minimum atomic E-state index is -3.53. The van der Waals surface area contributed by atoms with E-state index in [2.05, 4.69) is 20.2 Å². The van der Waals surface area contributed by atoms with Crippen LogP contribution in [0.2, 0.25) is 0 Å². The third-order valence-corrected chi connectivity index (χ3v) is 7.15. The van der Waals surface area contributed by atoms with Crippen molar-refractivity contribution in [2.24, 2.45) is 0 Å². The van der Waals surface area contributed by atoms with Crippen LogP contribution in [0.25, 0.3) is 11.3 Å². The van der Waals surface area contributed by atoms with Crippen molar-refractivity contribution in [3.63, 3.8) is 0 Å². The Morgan fingerprint density at radius 3 is 2.25 bits per heavy atom. The highest BCUT2D eigenvalue weighted by atomic mass is 32.2. The molecule has 1 saturated heterocycles. The van der Waals surface area contributed by atoms with Crippen LogP contribution in [0.5, 0.6) is 0 Å². The number of nitro benzene ring substituents is 1. The van der Waals surface area contributed by atoms with Crippen molar-refractivity contribution in [2.45, 2.75) is 4.90 Å². The van der Waals surface area contributed by atoms with Crippen molar-refractivity contribution in [1.82, 2.24) is 19.2 Å². The van der Waals surface area contributed by atoms with Crippen LogP contribution in [-0.2, 0) is 10.0 Å². The fourth-order valence-corrected chi connectivity index (χ4v) is 4.77. The van der Waals surface area contributed by atoms with Crippen LogP contribution in [0.15, 0.2) is 65.7 Å². The molecule has 1 aliphatic rings. The molecule has 2 aromatic carbocycles. The second-order valence-electron chi connectivity index (χ2n) is 7.43. The number of sulfonamides is 1. The number of nitrogens with one attached hydrogen (secondary N) is 1. The summed E-state index contributed by atoms with van der Waals surface area (Å²) in [6.45, 7) is 2.37. The Labute approximate surface area is 185 Å². The van der Waals surface area contributed by atoms with Gasteiger partial charge in [0.2, 0.25) is 16.0 Å². The average molecular weight is 455 g/mol. The minimum Gasteiger partial charge on any atom is -0.324 e.